The lowest BCUT2D eigenvalue weighted by Gasteiger charge is -2.13. The summed E-state index contributed by atoms with van der Waals surface area (Å²) in [5.41, 5.74) is 16.5. The van der Waals surface area contributed by atoms with Gasteiger partial charge in [-0.05, 0) is 250 Å². The Balaban J connectivity index is 0.000000508. The molecule has 0 bridgehead atoms. The van der Waals surface area contributed by atoms with Crippen LogP contribution in [0.15, 0.2) is 328 Å². The van der Waals surface area contributed by atoms with Gasteiger partial charge in [-0.1, -0.05) is 356 Å². The number of allylic oxidation sites excluding steroid dienone is 1. The number of ketones is 1. The monoisotopic (exact) mass is 1860 g/mol. The number of aromatic hydroxyl groups is 1. The Bertz CT molecular complexity index is 5090. The van der Waals surface area contributed by atoms with Crippen LogP contribution in [0.25, 0.3) is 16.8 Å². The molecule has 137 heavy (non-hydrogen) atoms. The molecule has 0 saturated heterocycles. The normalized spacial score (nSPS) is 10.3. The summed E-state index contributed by atoms with van der Waals surface area (Å²) in [6, 6.07) is 104. The van der Waals surface area contributed by atoms with Crippen LogP contribution in [0.1, 0.15) is 239 Å². The van der Waals surface area contributed by atoms with Crippen LogP contribution < -0.4 is 39.1 Å². The Hall–Kier alpha value is -13.0. The maximum absolute atomic E-state index is 10.7. The first kappa shape index (κ1) is 120. The fourth-order valence-corrected chi connectivity index (χ4v) is 12.9. The van der Waals surface area contributed by atoms with Gasteiger partial charge in [0.15, 0.2) is 17.3 Å². The molecule has 736 valence electrons. The minimum atomic E-state index is 0.00588. The topological polar surface area (TPSA) is 173 Å². The number of amides is 2. The van der Waals surface area contributed by atoms with E-state index in [0.29, 0.717) is 36.2 Å². The number of unbranched alkanes of at least 4 members (excludes halogenated alkanes) is 2. The maximum atomic E-state index is 10.7. The van der Waals surface area contributed by atoms with Crippen molar-refractivity contribution in [1.29, 1.82) is 0 Å². The predicted molar refractivity (Wildman–Crippen MR) is 580 cm³/mol. The second kappa shape index (κ2) is 78.2. The molecule has 2 unspecified atom stereocenters. The largest absolute Gasteiger partial charge is 0.508 e. The summed E-state index contributed by atoms with van der Waals surface area (Å²) in [7, 11) is 6.52. The number of methoxy groups -OCH3 is 4. The molecule has 2 atom stereocenters. The molecule has 14 heteroatoms. The molecule has 3 N–H and O–H groups in total. The quantitative estimate of drug-likeness (QED) is 0.0263. The van der Waals surface area contributed by atoms with Gasteiger partial charge in [-0.15, -0.1) is 0 Å². The van der Waals surface area contributed by atoms with Crippen LogP contribution in [0, 0.1) is 6.92 Å². The van der Waals surface area contributed by atoms with Crippen molar-refractivity contribution >= 4 is 34.4 Å². The maximum Gasteiger partial charge on any atom is 0.217 e. The molecule has 0 aliphatic heterocycles. The van der Waals surface area contributed by atoms with Gasteiger partial charge < -0.3 is 48.9 Å². The van der Waals surface area contributed by atoms with Crippen molar-refractivity contribution in [2.24, 2.45) is 0 Å². The molecule has 0 radical (unpaired) electrons. The number of carbonyl (C=O) groups is 3. The number of benzene rings is 12. The number of carbonyl (C=O) groups excluding carboxylic acids is 3. The molecule has 13 aromatic rings. The number of Topliss-reactive ketones (excluding diaryl/α,β-unsaturated/α-hetero) is 1. The minimum absolute atomic E-state index is 0.00588. The van der Waals surface area contributed by atoms with Crippen LogP contribution >= 0.6 is 0 Å². The number of nitrogens with one attached hydrogen (secondary N) is 2. The Kier molecular flexibility index (Phi) is 68.5. The number of pyridine rings is 1. The Morgan fingerprint density at radius 1 is 0.372 bits per heavy atom. The molecule has 0 aliphatic rings. The molecule has 0 spiro atoms. The molecule has 1 heterocycles. The fraction of sp³-hybridized carbons (Fsp3) is 0.350. The molecule has 0 aliphatic carbocycles. The number of aryl methyl sites for hydroxylation is 9. The van der Waals surface area contributed by atoms with Crippen LogP contribution in [0.4, 0.5) is 0 Å². The molecule has 2 amide bonds. The second-order valence-corrected chi connectivity index (χ2v) is 32.4. The van der Waals surface area contributed by atoms with Gasteiger partial charge in [-0.3, -0.25) is 19.4 Å². The average molecular weight is 1860 g/mol. The van der Waals surface area contributed by atoms with Crippen molar-refractivity contribution in [1.82, 2.24) is 15.6 Å². The van der Waals surface area contributed by atoms with Crippen molar-refractivity contribution < 1.29 is 52.6 Å². The van der Waals surface area contributed by atoms with Gasteiger partial charge in [-0.2, -0.15) is 0 Å². The van der Waals surface area contributed by atoms with E-state index in [1.165, 1.54) is 124 Å². The Labute approximate surface area is 825 Å². The molecule has 0 saturated carbocycles. The van der Waals surface area contributed by atoms with Crippen molar-refractivity contribution in [3.63, 3.8) is 0 Å². The number of phenols is 1. The summed E-state index contributed by atoms with van der Waals surface area (Å²) >= 11 is 0. The first-order valence-corrected chi connectivity index (χ1v) is 49.0. The van der Waals surface area contributed by atoms with E-state index in [1.807, 2.05) is 173 Å². The van der Waals surface area contributed by atoms with Crippen molar-refractivity contribution in [3.05, 3.63) is 400 Å². The zero-order chi connectivity index (χ0) is 101. The number of phenolic OH excluding ortho intramolecular Hbond substituents is 1. The van der Waals surface area contributed by atoms with Gasteiger partial charge in [0.25, 0.3) is 0 Å². The Morgan fingerprint density at radius 3 is 1.17 bits per heavy atom. The minimum Gasteiger partial charge on any atom is -0.508 e. The first-order valence-electron chi connectivity index (χ1n) is 49.0. The lowest BCUT2D eigenvalue weighted by molar-refractivity contribution is -0.120. The molecule has 0 fully saturated rings. The van der Waals surface area contributed by atoms with Crippen LogP contribution in [0.2, 0.25) is 0 Å². The van der Waals surface area contributed by atoms with Crippen molar-refractivity contribution in [2.45, 2.75) is 233 Å². The van der Waals surface area contributed by atoms with Crippen molar-refractivity contribution in [3.8, 4) is 40.2 Å². The van der Waals surface area contributed by atoms with Gasteiger partial charge in [0.05, 0.1) is 47.2 Å². The highest BCUT2D eigenvalue weighted by molar-refractivity contribution is 5.93. The summed E-state index contributed by atoms with van der Waals surface area (Å²) in [4.78, 5) is 36.0. The van der Waals surface area contributed by atoms with Gasteiger partial charge in [0.1, 0.15) is 29.6 Å². The standard InChI is InChI=1S/C13H20O.C13H18O.C13H14.C11H15NO.C11H16O3.C11H16O2.C10H13NO.C9H12.C8H11N.C8H8O.C8H10O.C8H10/c2*1-3-5-11-14-13-9-7-12(6-4-2)8-10-13;1-2-5-11-8-9-12-6-3-4-7-13(12)10-11;1-9(12-10(2)13)8-11-6-4-3-5-7-11;1-5-8-6-9(12-2)11(14-4)10(7-8)13-3;1-3-10-4-6-11(7-5-10)13-9-8-12-2;1-8(11-9(2)12)10-6-4-3-5-7-10;1-3-9-6-4-8(2)5-7-9;1-2-3-8-4-6-9-7-5-8;1-7(9)8-5-3-2-4-6-8;1-2-7-3-5-8(9)6-4-7;1-2-8-6-4-3-5-7-8/h7-10H,3-6,11H2,1-2H3;4,6-10H,3,5,11H2,1-2H3;3-4,6-10H,2,5H2,1H3;3-7,9H,8H2,1-2H3,(H,12,13);6-7H,5H2,1-4H3;4-7H,3,8-9H2,1-2H3;3-8H,1-2H3,(H,11,12);4-7H,3H2,1-2H3;4-7H,2-3H2,1H3;2-6H,1H3;3-6,9H,2H2,1H3;3-7H,2H2,1H3/b;6-4+;;;;;;;;;;. The van der Waals surface area contributed by atoms with Gasteiger partial charge >= 0.3 is 0 Å². The molecular formula is C123H163N3O11. The second-order valence-electron chi connectivity index (χ2n) is 32.4. The van der Waals surface area contributed by atoms with Crippen LogP contribution in [0.5, 0.6) is 40.2 Å². The zero-order valence-corrected chi connectivity index (χ0v) is 86.5. The summed E-state index contributed by atoms with van der Waals surface area (Å²) < 4.78 is 37.1. The van der Waals surface area contributed by atoms with E-state index < -0.39 is 0 Å². The first-order chi connectivity index (χ1) is 66.4. The number of nitrogens with zero attached hydrogens (tertiary/aromatic N) is 1. The van der Waals surface area contributed by atoms with E-state index in [2.05, 4.69) is 262 Å². The highest BCUT2D eigenvalue weighted by Gasteiger charge is 2.13. The smallest absolute Gasteiger partial charge is 0.217 e. The third-order valence-electron chi connectivity index (χ3n) is 20.8. The van der Waals surface area contributed by atoms with E-state index in [1.54, 1.807) is 54.4 Å². The van der Waals surface area contributed by atoms with Crippen molar-refractivity contribution in [2.75, 3.05) is 54.9 Å². The molecule has 1 aromatic heterocycles. The zero-order valence-electron chi connectivity index (χ0n) is 86.5. The molecule has 12 aromatic carbocycles. The predicted octanol–water partition coefficient (Wildman–Crippen LogP) is 30.4. The van der Waals surface area contributed by atoms with E-state index in [4.69, 9.17) is 38.3 Å². The SMILES string of the molecule is C/C=C/c1ccc(OCCCC)cc1.CC(=O)NC(C)Cc1ccccc1.CC(=O)NC(C)c1ccccc1.CC(=O)c1ccccc1.CCCCOc1ccc(CCC)cc1.CCCc1ccc2ccccc2c1.CCCc1ccncc1.CCc1cc(OC)c(OC)c(OC)c1.CCc1ccc(C)cc1.CCc1ccc(O)cc1.CCc1ccc(OCCOC)cc1.CCc1ccccc1. The highest BCUT2D eigenvalue weighted by atomic mass is 16.5. The third-order valence-corrected chi connectivity index (χ3v) is 20.8. The number of hydrogen-bond acceptors (Lipinski definition) is 12. The van der Waals surface area contributed by atoms with Crippen LogP contribution in [-0.2, 0) is 72.1 Å². The van der Waals surface area contributed by atoms with Gasteiger partial charge in [0.2, 0.25) is 17.6 Å². The summed E-state index contributed by atoms with van der Waals surface area (Å²) in [5, 5.41) is 17.2. The third kappa shape index (κ3) is 58.1. The highest BCUT2D eigenvalue weighted by Crippen LogP contribution is 2.38. The molecule has 13 rings (SSSR count). The van der Waals surface area contributed by atoms with Gasteiger partial charge in [-0.25, -0.2) is 0 Å². The number of aromatic nitrogens is 1. The fourth-order valence-electron chi connectivity index (χ4n) is 12.9. The van der Waals surface area contributed by atoms with E-state index >= 15 is 0 Å². The number of fused-ring (bicyclic) bond motifs is 1. The average Bonchev–Trinajstić information content (AvgIpc) is 0.935. The summed E-state index contributed by atoms with van der Waals surface area (Å²) in [5.74, 6) is 5.44. The summed E-state index contributed by atoms with van der Waals surface area (Å²) in [6.45, 7) is 37.2. The lowest BCUT2D eigenvalue weighted by atomic mass is 10.0. The van der Waals surface area contributed by atoms with E-state index in [9.17, 15) is 14.4 Å². The Morgan fingerprint density at radius 2 is 0.759 bits per heavy atom. The lowest BCUT2D eigenvalue weighted by Crippen LogP contribution is -2.31. The summed E-state index contributed by atoms with van der Waals surface area (Å²) in [6.07, 6.45) is 25.8. The van der Waals surface area contributed by atoms with Gasteiger partial charge in [0, 0.05) is 45.0 Å². The van der Waals surface area contributed by atoms with Crippen LogP contribution in [0.3, 0.4) is 0 Å². The van der Waals surface area contributed by atoms with Crippen LogP contribution in [-0.4, -0.2) is 88.6 Å². The molecule has 14 nitrogen and oxygen atoms in total. The number of rotatable bonds is 33. The number of hydrogen-bond donors (Lipinski definition) is 3. The van der Waals surface area contributed by atoms with E-state index in [0.717, 1.165) is 99.4 Å². The number of ether oxygens (including phenoxy) is 7. The van der Waals surface area contributed by atoms with E-state index in [-0.39, 0.29) is 29.7 Å². The molecular weight excluding hydrogens is 1700 g/mol.